The summed E-state index contributed by atoms with van der Waals surface area (Å²) < 4.78 is 18.7. The van der Waals surface area contributed by atoms with Gasteiger partial charge in [-0.1, -0.05) is 25.0 Å². The Balaban J connectivity index is 0.000000262. The monoisotopic (exact) mass is 796 g/mol. The summed E-state index contributed by atoms with van der Waals surface area (Å²) in [5.41, 5.74) is 0. The first-order valence-corrected chi connectivity index (χ1v) is 18.0. The van der Waals surface area contributed by atoms with Crippen LogP contribution in [0.4, 0.5) is 0 Å². The SMILES string of the molecule is S=C([S-])N(N1C=CCC1)N(C(=S)S)N1CCCCC1.S=C([S-])N(N1C=CCC1)N(C(=S)S)N1CCCCC1.[O]=[Mo+2]=[O]. The number of piperidine rings is 2. The van der Waals surface area contributed by atoms with Crippen molar-refractivity contribution in [2.24, 2.45) is 0 Å². The van der Waals surface area contributed by atoms with Crippen LogP contribution in [0, 0.1) is 0 Å². The summed E-state index contributed by atoms with van der Waals surface area (Å²) in [6.45, 7) is 5.52. The molecule has 0 aromatic carbocycles. The van der Waals surface area contributed by atoms with Gasteiger partial charge in [0.05, 0.1) is 0 Å². The second kappa shape index (κ2) is 20.1. The molecule has 2 fully saturated rings. The molecule has 41 heavy (non-hydrogen) atoms. The Kier molecular flexibility index (Phi) is 18.2. The molecule has 19 heteroatoms. The summed E-state index contributed by atoms with van der Waals surface area (Å²) in [4.78, 5) is 0. The molecule has 0 amide bonds. The minimum atomic E-state index is -2.03. The summed E-state index contributed by atoms with van der Waals surface area (Å²) in [6.07, 6.45) is 17.3. The van der Waals surface area contributed by atoms with Gasteiger partial charge in [-0.3, -0.25) is 10.0 Å². The summed E-state index contributed by atoms with van der Waals surface area (Å²) in [7, 11) is 0. The number of thiol groups is 2. The number of thiocarbonyl (C=S) groups is 4. The second-order valence-electron chi connectivity index (χ2n) is 9.02. The van der Waals surface area contributed by atoms with Gasteiger partial charge in [0.25, 0.3) is 0 Å². The molecule has 0 aliphatic carbocycles. The molecule has 4 heterocycles. The fourth-order valence-electron chi connectivity index (χ4n) is 4.63. The van der Waals surface area contributed by atoms with Crippen LogP contribution in [0.25, 0.3) is 0 Å². The van der Waals surface area contributed by atoms with Gasteiger partial charge < -0.3 is 49.7 Å². The van der Waals surface area contributed by atoms with Crippen molar-refractivity contribution in [3.63, 3.8) is 0 Å². The Bertz CT molecular complexity index is 934. The Labute approximate surface area is 295 Å². The maximum atomic E-state index is 8.50. The van der Waals surface area contributed by atoms with E-state index in [-0.39, 0.29) is 0 Å². The van der Waals surface area contributed by atoms with Crippen LogP contribution in [0.5, 0.6) is 0 Å². The van der Waals surface area contributed by atoms with Gasteiger partial charge in [0.2, 0.25) is 0 Å². The van der Waals surface area contributed by atoms with Crippen molar-refractivity contribution in [3.8, 4) is 0 Å². The first kappa shape index (κ1) is 37.2. The van der Waals surface area contributed by atoms with Gasteiger partial charge in [-0.2, -0.15) is 30.5 Å². The van der Waals surface area contributed by atoms with E-state index in [1.54, 1.807) is 10.2 Å². The Morgan fingerprint density at radius 3 is 1.15 bits per heavy atom. The molecule has 228 valence electrons. The van der Waals surface area contributed by atoms with E-state index >= 15 is 0 Å². The molecular formula is C22H34MoN8O2S8. The zero-order valence-corrected chi connectivity index (χ0v) is 31.1. The molecule has 2 saturated heterocycles. The minimum absolute atomic E-state index is 0.355. The zero-order chi connectivity index (χ0) is 30.4. The average molecular weight is 795 g/mol. The molecule has 4 aliphatic rings. The Hall–Kier alpha value is -0.0117. The average Bonchev–Trinajstić information content (AvgIpc) is 3.66. The van der Waals surface area contributed by atoms with Crippen molar-refractivity contribution < 1.29 is 25.3 Å². The molecule has 0 aromatic heterocycles. The summed E-state index contributed by atoms with van der Waals surface area (Å²) >= 11 is 38.1. The third kappa shape index (κ3) is 11.8. The molecule has 0 radical (unpaired) electrons. The number of hydrogen-bond donors (Lipinski definition) is 2. The van der Waals surface area contributed by atoms with Gasteiger partial charge in [0.15, 0.2) is 8.64 Å². The first-order valence-electron chi connectivity index (χ1n) is 13.0. The van der Waals surface area contributed by atoms with E-state index in [4.69, 9.17) is 80.9 Å². The molecule has 10 nitrogen and oxygen atoms in total. The third-order valence-corrected chi connectivity index (χ3v) is 7.66. The van der Waals surface area contributed by atoms with Crippen LogP contribution < -0.4 is 0 Å². The van der Waals surface area contributed by atoms with E-state index in [1.807, 2.05) is 32.7 Å². The number of hydrazine groups is 6. The molecule has 0 unspecified atom stereocenters. The zero-order valence-electron chi connectivity index (χ0n) is 22.4. The Morgan fingerprint density at radius 2 is 0.927 bits per heavy atom. The normalized spacial score (nSPS) is 18.3. The van der Waals surface area contributed by atoms with E-state index in [0.29, 0.717) is 17.3 Å². The topological polar surface area (TPSA) is 60.1 Å². The number of rotatable bonds is 4. The fraction of sp³-hybridized carbons (Fsp3) is 0.636. The fourth-order valence-corrected chi connectivity index (χ4v) is 6.17. The van der Waals surface area contributed by atoms with Crippen LogP contribution in [-0.4, -0.2) is 97.1 Å². The predicted octanol–water partition coefficient (Wildman–Crippen LogP) is 3.93. The quantitative estimate of drug-likeness (QED) is 0.142. The van der Waals surface area contributed by atoms with Crippen molar-refractivity contribution >= 4 is 117 Å². The second-order valence-corrected chi connectivity index (χ2v) is 13.6. The molecule has 0 spiro atoms. The van der Waals surface area contributed by atoms with Crippen molar-refractivity contribution in [1.29, 1.82) is 0 Å². The van der Waals surface area contributed by atoms with E-state index in [1.165, 1.54) is 12.8 Å². The molecule has 4 rings (SSSR count). The maximum absolute atomic E-state index is 8.50. The van der Waals surface area contributed by atoms with Crippen molar-refractivity contribution in [1.82, 2.24) is 40.5 Å². The molecule has 4 aliphatic heterocycles. The van der Waals surface area contributed by atoms with Crippen LogP contribution in [0.2, 0.25) is 0 Å². The van der Waals surface area contributed by atoms with Gasteiger partial charge >= 0.3 is 25.3 Å². The van der Waals surface area contributed by atoms with E-state index < -0.39 is 18.5 Å². The van der Waals surface area contributed by atoms with Gasteiger partial charge in [-0.15, -0.1) is 25.3 Å². The summed E-state index contributed by atoms with van der Waals surface area (Å²) in [6, 6.07) is 0. The predicted molar refractivity (Wildman–Crippen MR) is 184 cm³/mol. The van der Waals surface area contributed by atoms with Crippen molar-refractivity contribution in [2.75, 3.05) is 39.3 Å². The first-order chi connectivity index (χ1) is 19.6. The van der Waals surface area contributed by atoms with Crippen LogP contribution in [0.15, 0.2) is 24.6 Å². The van der Waals surface area contributed by atoms with Gasteiger partial charge in [-0.25, -0.2) is 0 Å². The molecular weight excluding hydrogens is 761 g/mol. The molecule has 0 bridgehead atoms. The van der Waals surface area contributed by atoms with Crippen molar-refractivity contribution in [3.05, 3.63) is 24.6 Å². The molecule has 0 aromatic rings. The van der Waals surface area contributed by atoms with E-state index in [0.717, 1.165) is 77.8 Å². The van der Waals surface area contributed by atoms with Crippen LogP contribution in [0.1, 0.15) is 51.4 Å². The number of hydrogen-bond acceptors (Lipinski definition) is 12. The molecule has 0 N–H and O–H groups in total. The summed E-state index contributed by atoms with van der Waals surface area (Å²) in [5, 5.41) is 15.5. The Morgan fingerprint density at radius 1 is 0.610 bits per heavy atom. The van der Waals surface area contributed by atoms with E-state index in [2.05, 4.69) is 47.4 Å². The van der Waals surface area contributed by atoms with E-state index in [9.17, 15) is 0 Å². The standard InChI is InChI=1S/2C11H18N4S4.Mo.2O/c2*16-10(17)14(12-6-2-1-3-7-12)15(11(18)19)13-8-4-5-9-13;;;/h2*4,8H,1-3,5-7,9H2,(H,16,17)(H,18,19);;;/q;;+2;;/p-2. The molecule has 0 atom stereocenters. The van der Waals surface area contributed by atoms with Gasteiger partial charge in [0.1, 0.15) is 0 Å². The van der Waals surface area contributed by atoms with Crippen molar-refractivity contribution in [2.45, 2.75) is 51.4 Å². The van der Waals surface area contributed by atoms with Gasteiger partial charge in [0, 0.05) is 51.7 Å². The van der Waals surface area contributed by atoms with Crippen LogP contribution in [-0.2, 0) is 50.5 Å². The number of nitrogens with zero attached hydrogens (tertiary/aromatic N) is 8. The van der Waals surface area contributed by atoms with Crippen LogP contribution >= 0.6 is 74.1 Å². The third-order valence-electron chi connectivity index (χ3n) is 6.32. The van der Waals surface area contributed by atoms with Gasteiger partial charge in [-0.05, 0) is 71.6 Å². The summed E-state index contributed by atoms with van der Waals surface area (Å²) in [5.74, 6) is 0. The molecule has 0 saturated carbocycles. The van der Waals surface area contributed by atoms with Crippen LogP contribution in [0.3, 0.4) is 0 Å².